The monoisotopic (exact) mass is 260 g/mol. The van der Waals surface area contributed by atoms with Gasteiger partial charge in [0.15, 0.2) is 5.82 Å². The van der Waals surface area contributed by atoms with E-state index in [2.05, 4.69) is 15.4 Å². The summed E-state index contributed by atoms with van der Waals surface area (Å²) in [6, 6.07) is 1.87. The molecular weight excluding hydrogens is 244 g/mol. The van der Waals surface area contributed by atoms with Gasteiger partial charge in [-0.25, -0.2) is 9.50 Å². The standard InChI is InChI=1S/C13H16N4O2/c18-11(19)9-13(4-1-2-5-13)16-12-10-3-6-15-17(10)8-7-14-12/h3,6-8H,1-2,4-5,9H2,(H,14,16)(H,18,19). The highest BCUT2D eigenvalue weighted by Gasteiger charge is 2.36. The van der Waals surface area contributed by atoms with Gasteiger partial charge < -0.3 is 10.4 Å². The number of aliphatic carboxylic acids is 1. The molecule has 0 spiro atoms. The van der Waals surface area contributed by atoms with Crippen LogP contribution in [0.3, 0.4) is 0 Å². The molecule has 3 rings (SSSR count). The Kier molecular flexibility index (Phi) is 2.85. The van der Waals surface area contributed by atoms with Crippen LogP contribution in [0.15, 0.2) is 24.7 Å². The van der Waals surface area contributed by atoms with Gasteiger partial charge in [0, 0.05) is 17.9 Å². The summed E-state index contributed by atoms with van der Waals surface area (Å²) < 4.78 is 1.73. The largest absolute Gasteiger partial charge is 0.481 e. The molecule has 6 nitrogen and oxygen atoms in total. The lowest BCUT2D eigenvalue weighted by molar-refractivity contribution is -0.138. The van der Waals surface area contributed by atoms with Crippen LogP contribution in [0.1, 0.15) is 32.1 Å². The van der Waals surface area contributed by atoms with Crippen LogP contribution in [0.25, 0.3) is 5.52 Å². The summed E-state index contributed by atoms with van der Waals surface area (Å²) in [4.78, 5) is 15.4. The number of aromatic nitrogens is 3. The third-order valence-corrected chi connectivity index (χ3v) is 3.76. The molecule has 100 valence electrons. The number of rotatable bonds is 4. The van der Waals surface area contributed by atoms with Gasteiger partial charge in [-0.1, -0.05) is 12.8 Å². The van der Waals surface area contributed by atoms with Crippen molar-refractivity contribution in [1.29, 1.82) is 0 Å². The molecule has 6 heteroatoms. The van der Waals surface area contributed by atoms with Crippen molar-refractivity contribution in [3.05, 3.63) is 24.7 Å². The summed E-state index contributed by atoms with van der Waals surface area (Å²) in [5.74, 6) is -0.0574. The fourth-order valence-electron chi connectivity index (χ4n) is 2.89. The predicted octanol–water partition coefficient (Wildman–Crippen LogP) is 1.93. The number of anilines is 1. The number of nitrogens with zero attached hydrogens (tertiary/aromatic N) is 3. The number of hydrogen-bond donors (Lipinski definition) is 2. The number of hydrogen-bond acceptors (Lipinski definition) is 4. The van der Waals surface area contributed by atoms with Crippen LogP contribution in [0, 0.1) is 0 Å². The van der Waals surface area contributed by atoms with Crippen LogP contribution in [-0.4, -0.2) is 31.2 Å². The molecule has 2 heterocycles. The molecule has 2 aromatic rings. The number of nitrogens with one attached hydrogen (secondary N) is 1. The maximum absolute atomic E-state index is 11.1. The molecule has 1 aliphatic carbocycles. The summed E-state index contributed by atoms with van der Waals surface area (Å²) in [6.07, 6.45) is 9.15. The molecule has 1 aliphatic rings. The minimum absolute atomic E-state index is 0.129. The summed E-state index contributed by atoms with van der Waals surface area (Å²) in [5, 5.41) is 16.6. The topological polar surface area (TPSA) is 79.5 Å². The third-order valence-electron chi connectivity index (χ3n) is 3.76. The van der Waals surface area contributed by atoms with Crippen molar-refractivity contribution >= 4 is 17.3 Å². The third kappa shape index (κ3) is 2.25. The lowest BCUT2D eigenvalue weighted by atomic mass is 9.93. The Morgan fingerprint density at radius 1 is 1.42 bits per heavy atom. The average molecular weight is 260 g/mol. The second-order valence-corrected chi connectivity index (χ2v) is 5.12. The van der Waals surface area contributed by atoms with E-state index in [0.29, 0.717) is 5.82 Å². The minimum atomic E-state index is -0.769. The van der Waals surface area contributed by atoms with Crippen molar-refractivity contribution in [2.45, 2.75) is 37.6 Å². The molecule has 0 atom stereocenters. The fourth-order valence-corrected chi connectivity index (χ4v) is 2.89. The van der Waals surface area contributed by atoms with E-state index in [4.69, 9.17) is 5.11 Å². The fraction of sp³-hybridized carbons (Fsp3) is 0.462. The van der Waals surface area contributed by atoms with E-state index >= 15 is 0 Å². The Balaban J connectivity index is 1.93. The van der Waals surface area contributed by atoms with Crippen LogP contribution >= 0.6 is 0 Å². The van der Waals surface area contributed by atoms with Gasteiger partial charge in [0.05, 0.1) is 12.6 Å². The quantitative estimate of drug-likeness (QED) is 0.878. The Hall–Kier alpha value is -2.11. The highest BCUT2D eigenvalue weighted by molar-refractivity contribution is 5.72. The lowest BCUT2D eigenvalue weighted by Gasteiger charge is -2.29. The van der Waals surface area contributed by atoms with E-state index in [9.17, 15) is 4.79 Å². The van der Waals surface area contributed by atoms with E-state index in [0.717, 1.165) is 31.2 Å². The van der Waals surface area contributed by atoms with Gasteiger partial charge in [-0.2, -0.15) is 5.10 Å². The second-order valence-electron chi connectivity index (χ2n) is 5.12. The number of carbonyl (C=O) groups is 1. The van der Waals surface area contributed by atoms with Gasteiger partial charge in [-0.3, -0.25) is 4.79 Å². The number of carboxylic acids is 1. The molecule has 0 unspecified atom stereocenters. The van der Waals surface area contributed by atoms with Crippen molar-refractivity contribution in [3.63, 3.8) is 0 Å². The van der Waals surface area contributed by atoms with Crippen LogP contribution in [0.5, 0.6) is 0 Å². The van der Waals surface area contributed by atoms with Gasteiger partial charge in [-0.05, 0) is 18.9 Å². The van der Waals surface area contributed by atoms with Crippen LogP contribution in [-0.2, 0) is 4.79 Å². The predicted molar refractivity (Wildman–Crippen MR) is 70.1 cm³/mol. The molecule has 1 saturated carbocycles. The van der Waals surface area contributed by atoms with Gasteiger partial charge in [-0.15, -0.1) is 0 Å². The number of carboxylic acid groups (broad SMARTS) is 1. The molecular formula is C13H16N4O2. The summed E-state index contributed by atoms with van der Waals surface area (Å²) in [6.45, 7) is 0. The highest BCUT2D eigenvalue weighted by atomic mass is 16.4. The van der Waals surface area contributed by atoms with E-state index in [1.54, 1.807) is 23.1 Å². The smallest absolute Gasteiger partial charge is 0.305 e. The van der Waals surface area contributed by atoms with Gasteiger partial charge >= 0.3 is 5.97 Å². The highest BCUT2D eigenvalue weighted by Crippen LogP contribution is 2.36. The molecule has 0 aromatic carbocycles. The zero-order chi connectivity index (χ0) is 13.3. The maximum atomic E-state index is 11.1. The zero-order valence-corrected chi connectivity index (χ0v) is 10.5. The average Bonchev–Trinajstić information content (AvgIpc) is 2.98. The van der Waals surface area contributed by atoms with E-state index < -0.39 is 5.97 Å². The molecule has 0 aliphatic heterocycles. The van der Waals surface area contributed by atoms with Gasteiger partial charge in [0.2, 0.25) is 0 Å². The first-order chi connectivity index (χ1) is 9.19. The molecule has 0 bridgehead atoms. The molecule has 0 radical (unpaired) electrons. The molecule has 0 saturated heterocycles. The maximum Gasteiger partial charge on any atom is 0.305 e. The first-order valence-corrected chi connectivity index (χ1v) is 6.47. The zero-order valence-electron chi connectivity index (χ0n) is 10.5. The summed E-state index contributed by atoms with van der Waals surface area (Å²) in [7, 11) is 0. The second kappa shape index (κ2) is 4.53. The van der Waals surface area contributed by atoms with E-state index in [1.807, 2.05) is 6.07 Å². The molecule has 19 heavy (non-hydrogen) atoms. The van der Waals surface area contributed by atoms with Crippen LogP contribution in [0.4, 0.5) is 5.82 Å². The Bertz CT molecular complexity index is 601. The minimum Gasteiger partial charge on any atom is -0.481 e. The van der Waals surface area contributed by atoms with E-state index in [1.165, 1.54) is 0 Å². The normalized spacial score (nSPS) is 17.7. The summed E-state index contributed by atoms with van der Waals surface area (Å²) in [5.41, 5.74) is 0.504. The van der Waals surface area contributed by atoms with Crippen molar-refractivity contribution in [2.24, 2.45) is 0 Å². The Morgan fingerprint density at radius 2 is 2.21 bits per heavy atom. The van der Waals surface area contributed by atoms with Crippen LogP contribution < -0.4 is 5.32 Å². The van der Waals surface area contributed by atoms with Crippen molar-refractivity contribution in [2.75, 3.05) is 5.32 Å². The van der Waals surface area contributed by atoms with E-state index in [-0.39, 0.29) is 12.0 Å². The summed E-state index contributed by atoms with van der Waals surface area (Å²) >= 11 is 0. The Morgan fingerprint density at radius 3 is 2.95 bits per heavy atom. The lowest BCUT2D eigenvalue weighted by Crippen LogP contribution is -2.38. The molecule has 1 fully saturated rings. The molecule has 0 amide bonds. The first kappa shape index (κ1) is 12.0. The number of fused-ring (bicyclic) bond motifs is 1. The van der Waals surface area contributed by atoms with Crippen molar-refractivity contribution in [3.8, 4) is 0 Å². The van der Waals surface area contributed by atoms with Crippen LogP contribution in [0.2, 0.25) is 0 Å². The van der Waals surface area contributed by atoms with Gasteiger partial charge in [0.25, 0.3) is 0 Å². The Labute approximate surface area is 110 Å². The first-order valence-electron chi connectivity index (χ1n) is 6.47. The van der Waals surface area contributed by atoms with Gasteiger partial charge in [0.1, 0.15) is 5.52 Å². The molecule has 2 aromatic heterocycles. The molecule has 2 N–H and O–H groups in total. The van der Waals surface area contributed by atoms with Crippen molar-refractivity contribution < 1.29 is 9.90 Å². The SMILES string of the molecule is O=C(O)CC1(Nc2nccn3nccc23)CCCC1. The van der Waals surface area contributed by atoms with Crippen molar-refractivity contribution in [1.82, 2.24) is 14.6 Å².